The van der Waals surface area contributed by atoms with Gasteiger partial charge in [-0.25, -0.2) is 0 Å². The van der Waals surface area contributed by atoms with Crippen LogP contribution < -0.4 is 0 Å². The average Bonchev–Trinajstić information content (AvgIpc) is 3.21. The van der Waals surface area contributed by atoms with Crippen LogP contribution in [0.1, 0.15) is 82.3 Å². The lowest BCUT2D eigenvalue weighted by Gasteiger charge is -2.47. The van der Waals surface area contributed by atoms with Crippen LogP contribution in [0.3, 0.4) is 0 Å². The van der Waals surface area contributed by atoms with Crippen molar-refractivity contribution in [2.24, 2.45) is 11.3 Å². The number of hydrogen-bond donors (Lipinski definition) is 0. The van der Waals surface area contributed by atoms with Gasteiger partial charge in [-0.15, -0.1) is 0 Å². The maximum absolute atomic E-state index is 2.82. The highest BCUT2D eigenvalue weighted by Gasteiger charge is 2.52. The van der Waals surface area contributed by atoms with Crippen LogP contribution >= 0.6 is 0 Å². The molecule has 2 aliphatic carbocycles. The molecule has 0 bridgehead atoms. The molecule has 1 saturated carbocycles. The van der Waals surface area contributed by atoms with Gasteiger partial charge in [0, 0.05) is 17.9 Å². The summed E-state index contributed by atoms with van der Waals surface area (Å²) >= 11 is 0. The first-order valence-electron chi connectivity index (χ1n) is 9.97. The van der Waals surface area contributed by atoms with E-state index in [0.29, 0.717) is 5.41 Å². The van der Waals surface area contributed by atoms with Gasteiger partial charge in [-0.3, -0.25) is 4.90 Å². The first kappa shape index (κ1) is 15.7. The highest BCUT2D eigenvalue weighted by molar-refractivity contribution is 5.44. The molecule has 1 saturated heterocycles. The third-order valence-electron chi connectivity index (χ3n) is 7.48. The van der Waals surface area contributed by atoms with Gasteiger partial charge in [0.25, 0.3) is 0 Å². The predicted molar refractivity (Wildman–Crippen MR) is 97.9 cm³/mol. The minimum Gasteiger partial charge on any atom is -0.299 e. The van der Waals surface area contributed by atoms with E-state index < -0.39 is 0 Å². The molecule has 0 radical (unpaired) electrons. The number of benzene rings is 1. The summed E-state index contributed by atoms with van der Waals surface area (Å²) in [5.41, 5.74) is 3.81. The number of likely N-dealkylation sites (tertiary alicyclic amines) is 1. The minimum atomic E-state index is 0.427. The number of likely N-dealkylation sites (N-methyl/N-ethyl adjacent to an activating group) is 1. The molecule has 1 nitrogen and oxygen atoms in total. The Hall–Kier alpha value is -0.820. The van der Waals surface area contributed by atoms with Gasteiger partial charge in [-0.05, 0) is 61.2 Å². The molecular formula is C22H33N. The van der Waals surface area contributed by atoms with Crippen LogP contribution in [0.5, 0.6) is 0 Å². The highest BCUT2D eigenvalue weighted by Crippen LogP contribution is 2.59. The third kappa shape index (κ3) is 2.38. The Morgan fingerprint density at radius 3 is 2.39 bits per heavy atom. The molecule has 0 N–H and O–H groups in total. The molecule has 1 aliphatic heterocycles. The van der Waals surface area contributed by atoms with Crippen LogP contribution in [-0.4, -0.2) is 24.0 Å². The number of rotatable bonds is 3. The van der Waals surface area contributed by atoms with Crippen molar-refractivity contribution < 1.29 is 0 Å². The summed E-state index contributed by atoms with van der Waals surface area (Å²) in [7, 11) is 0. The van der Waals surface area contributed by atoms with Crippen molar-refractivity contribution in [2.45, 2.75) is 77.2 Å². The van der Waals surface area contributed by atoms with Crippen molar-refractivity contribution >= 4 is 0 Å². The van der Waals surface area contributed by atoms with Gasteiger partial charge in [0.1, 0.15) is 0 Å². The van der Waals surface area contributed by atoms with Crippen LogP contribution in [0.15, 0.2) is 24.3 Å². The number of piperidine rings is 1. The van der Waals surface area contributed by atoms with E-state index >= 15 is 0 Å². The molecule has 1 aromatic carbocycles. The molecule has 3 atom stereocenters. The Labute approximate surface area is 142 Å². The average molecular weight is 312 g/mol. The molecule has 2 fully saturated rings. The molecule has 23 heavy (non-hydrogen) atoms. The lowest BCUT2D eigenvalue weighted by atomic mass is 9.64. The maximum Gasteiger partial charge on any atom is 0.0238 e. The predicted octanol–water partition coefficient (Wildman–Crippen LogP) is 5.57. The van der Waals surface area contributed by atoms with Crippen molar-refractivity contribution in [1.29, 1.82) is 0 Å². The summed E-state index contributed by atoms with van der Waals surface area (Å²) in [6, 6.07) is 10.2. The second-order valence-corrected chi connectivity index (χ2v) is 8.78. The van der Waals surface area contributed by atoms with Gasteiger partial charge in [0.05, 0.1) is 0 Å². The summed E-state index contributed by atoms with van der Waals surface area (Å²) < 4.78 is 0. The lowest BCUT2D eigenvalue weighted by Crippen LogP contribution is -2.48. The number of nitrogens with zero attached hydrogens (tertiary/aromatic N) is 1. The molecule has 1 heteroatoms. The van der Waals surface area contributed by atoms with E-state index in [0.717, 1.165) is 23.8 Å². The molecular weight excluding hydrogens is 278 g/mol. The van der Waals surface area contributed by atoms with E-state index in [-0.39, 0.29) is 0 Å². The highest BCUT2D eigenvalue weighted by atomic mass is 15.2. The van der Waals surface area contributed by atoms with Gasteiger partial charge in [0.15, 0.2) is 0 Å². The summed E-state index contributed by atoms with van der Waals surface area (Å²) in [5.74, 6) is 2.43. The summed E-state index contributed by atoms with van der Waals surface area (Å²) in [6.45, 7) is 10.1. The SMILES string of the molecule is CCN1CCCC2c3ccccc3C(C(C)(C)C3CCCC3)C21. The van der Waals surface area contributed by atoms with Gasteiger partial charge in [0.2, 0.25) is 0 Å². The normalized spacial score (nSPS) is 32.0. The van der Waals surface area contributed by atoms with Crippen molar-refractivity contribution in [3.63, 3.8) is 0 Å². The topological polar surface area (TPSA) is 3.24 Å². The van der Waals surface area contributed by atoms with Crippen LogP contribution in [0.4, 0.5) is 0 Å². The fourth-order valence-corrected chi connectivity index (χ4v) is 6.32. The molecule has 1 heterocycles. The third-order valence-corrected chi connectivity index (χ3v) is 7.48. The van der Waals surface area contributed by atoms with Gasteiger partial charge in [-0.1, -0.05) is 57.9 Å². The Morgan fingerprint density at radius 1 is 1.00 bits per heavy atom. The zero-order chi connectivity index (χ0) is 16.0. The lowest BCUT2D eigenvalue weighted by molar-refractivity contribution is 0.0536. The standard InChI is InChI=1S/C22H33N/c1-4-23-15-9-14-19-17-12-7-8-13-18(17)20(21(19)23)22(2,3)16-10-5-6-11-16/h7-8,12-13,16,19-21H,4-6,9-11,14-15H2,1-3H3. The molecule has 126 valence electrons. The molecule has 0 aromatic heterocycles. The van der Waals surface area contributed by atoms with E-state index in [1.54, 1.807) is 11.1 Å². The maximum atomic E-state index is 2.82. The van der Waals surface area contributed by atoms with Gasteiger partial charge < -0.3 is 0 Å². The smallest absolute Gasteiger partial charge is 0.0238 e. The molecule has 4 rings (SSSR count). The van der Waals surface area contributed by atoms with E-state index in [4.69, 9.17) is 0 Å². The second kappa shape index (κ2) is 5.92. The number of fused-ring (bicyclic) bond motifs is 3. The molecule has 3 unspecified atom stereocenters. The van der Waals surface area contributed by atoms with Crippen molar-refractivity contribution in [3.05, 3.63) is 35.4 Å². The molecule has 0 spiro atoms. The Morgan fingerprint density at radius 2 is 1.70 bits per heavy atom. The first-order valence-corrected chi connectivity index (χ1v) is 9.97. The van der Waals surface area contributed by atoms with Crippen LogP contribution in [-0.2, 0) is 0 Å². The van der Waals surface area contributed by atoms with E-state index in [2.05, 4.69) is 49.9 Å². The fourth-order valence-electron chi connectivity index (χ4n) is 6.32. The Balaban J connectivity index is 1.78. The van der Waals surface area contributed by atoms with Crippen LogP contribution in [0.2, 0.25) is 0 Å². The van der Waals surface area contributed by atoms with Crippen molar-refractivity contribution in [2.75, 3.05) is 13.1 Å². The Kier molecular flexibility index (Phi) is 4.04. The molecule has 3 aliphatic rings. The fraction of sp³-hybridized carbons (Fsp3) is 0.727. The van der Waals surface area contributed by atoms with Gasteiger partial charge >= 0.3 is 0 Å². The van der Waals surface area contributed by atoms with Gasteiger partial charge in [-0.2, -0.15) is 0 Å². The minimum absolute atomic E-state index is 0.427. The summed E-state index contributed by atoms with van der Waals surface area (Å²) in [6.07, 6.45) is 8.59. The second-order valence-electron chi connectivity index (χ2n) is 8.78. The molecule has 1 aromatic rings. The molecule has 0 amide bonds. The van der Waals surface area contributed by atoms with Crippen LogP contribution in [0, 0.1) is 11.3 Å². The van der Waals surface area contributed by atoms with Crippen LogP contribution in [0.25, 0.3) is 0 Å². The quantitative estimate of drug-likeness (QED) is 0.705. The Bertz CT molecular complexity index is 555. The zero-order valence-electron chi connectivity index (χ0n) is 15.2. The summed E-state index contributed by atoms with van der Waals surface area (Å²) in [5, 5.41) is 0. The van der Waals surface area contributed by atoms with E-state index in [1.165, 1.54) is 51.6 Å². The largest absolute Gasteiger partial charge is 0.299 e. The zero-order valence-corrected chi connectivity index (χ0v) is 15.2. The number of hydrogen-bond acceptors (Lipinski definition) is 1. The summed E-state index contributed by atoms with van der Waals surface area (Å²) in [4.78, 5) is 2.82. The van der Waals surface area contributed by atoms with E-state index in [1.807, 2.05) is 0 Å². The van der Waals surface area contributed by atoms with Crippen molar-refractivity contribution in [1.82, 2.24) is 4.90 Å². The monoisotopic (exact) mass is 311 g/mol. The van der Waals surface area contributed by atoms with Crippen molar-refractivity contribution in [3.8, 4) is 0 Å². The first-order chi connectivity index (χ1) is 11.1. The van der Waals surface area contributed by atoms with E-state index in [9.17, 15) is 0 Å².